The van der Waals surface area contributed by atoms with Crippen LogP contribution in [0.4, 0.5) is 0 Å². The molecule has 1 aromatic carbocycles. The zero-order chi connectivity index (χ0) is 9.26. The number of aromatic nitrogens is 1. The molecule has 1 N–H and O–H groups in total. The van der Waals surface area contributed by atoms with Crippen LogP contribution in [0, 0.1) is 0 Å². The summed E-state index contributed by atoms with van der Waals surface area (Å²) >= 11 is 5.84. The minimum absolute atomic E-state index is 0.676. The number of benzene rings is 1. The molecular formula is C10H10ClNO. The molecular weight excluding hydrogens is 186 g/mol. The fraction of sp³-hybridized carbons (Fsp3) is 0.200. The third kappa shape index (κ3) is 1.49. The average Bonchev–Trinajstić information content (AvgIpc) is 2.49. The first-order valence-electron chi connectivity index (χ1n) is 4.20. The van der Waals surface area contributed by atoms with E-state index in [4.69, 9.17) is 16.3 Å². The Morgan fingerprint density at radius 1 is 1.46 bits per heavy atom. The number of aromatic amines is 1. The number of ether oxygens (including phenoxy) is 1. The first kappa shape index (κ1) is 8.45. The smallest absolute Gasteiger partial charge is 0.144 e. The molecule has 0 fully saturated rings. The van der Waals surface area contributed by atoms with Crippen LogP contribution in [0.15, 0.2) is 24.4 Å². The van der Waals surface area contributed by atoms with E-state index in [1.807, 2.05) is 31.3 Å². The van der Waals surface area contributed by atoms with Gasteiger partial charge in [-0.1, -0.05) is 11.6 Å². The maximum Gasteiger partial charge on any atom is 0.144 e. The van der Waals surface area contributed by atoms with Crippen molar-refractivity contribution in [3.63, 3.8) is 0 Å². The number of hydrogen-bond donors (Lipinski definition) is 1. The van der Waals surface area contributed by atoms with Gasteiger partial charge in [-0.3, -0.25) is 0 Å². The quantitative estimate of drug-likeness (QED) is 0.782. The molecule has 0 aliphatic carbocycles. The van der Waals surface area contributed by atoms with Crippen LogP contribution in [0.25, 0.3) is 10.9 Å². The molecule has 1 heterocycles. The Morgan fingerprint density at radius 2 is 2.31 bits per heavy atom. The summed E-state index contributed by atoms with van der Waals surface area (Å²) in [6.45, 7) is 2.64. The number of hydrogen-bond acceptors (Lipinski definition) is 1. The summed E-state index contributed by atoms with van der Waals surface area (Å²) in [5.74, 6) is 0.883. The third-order valence-corrected chi connectivity index (χ3v) is 2.14. The molecule has 2 nitrogen and oxygen atoms in total. The molecule has 0 radical (unpaired) electrons. The predicted molar refractivity (Wildman–Crippen MR) is 54.5 cm³/mol. The zero-order valence-electron chi connectivity index (χ0n) is 7.30. The fourth-order valence-electron chi connectivity index (χ4n) is 1.35. The summed E-state index contributed by atoms with van der Waals surface area (Å²) in [7, 11) is 0. The molecule has 0 amide bonds. The highest BCUT2D eigenvalue weighted by atomic mass is 35.5. The molecule has 0 aliphatic rings. The lowest BCUT2D eigenvalue weighted by molar-refractivity contribution is 0.344. The largest absolute Gasteiger partial charge is 0.492 e. The molecule has 1 aromatic heterocycles. The van der Waals surface area contributed by atoms with Crippen LogP contribution >= 0.6 is 11.6 Å². The van der Waals surface area contributed by atoms with E-state index in [9.17, 15) is 0 Å². The van der Waals surface area contributed by atoms with Gasteiger partial charge in [0.15, 0.2) is 0 Å². The second kappa shape index (κ2) is 3.30. The van der Waals surface area contributed by atoms with Crippen LogP contribution in [0.2, 0.25) is 5.02 Å². The Kier molecular flexibility index (Phi) is 2.15. The van der Waals surface area contributed by atoms with Crippen molar-refractivity contribution in [1.29, 1.82) is 0 Å². The van der Waals surface area contributed by atoms with Gasteiger partial charge in [-0.15, -0.1) is 0 Å². The summed E-state index contributed by atoms with van der Waals surface area (Å²) in [4.78, 5) is 3.10. The Morgan fingerprint density at radius 3 is 3.08 bits per heavy atom. The maximum absolute atomic E-state index is 5.84. The van der Waals surface area contributed by atoms with Crippen molar-refractivity contribution in [1.82, 2.24) is 4.98 Å². The van der Waals surface area contributed by atoms with Crippen LogP contribution in [0.3, 0.4) is 0 Å². The molecule has 68 valence electrons. The topological polar surface area (TPSA) is 25.0 Å². The van der Waals surface area contributed by atoms with Gasteiger partial charge < -0.3 is 9.72 Å². The van der Waals surface area contributed by atoms with Crippen LogP contribution in [-0.2, 0) is 0 Å². The van der Waals surface area contributed by atoms with E-state index in [-0.39, 0.29) is 0 Å². The summed E-state index contributed by atoms with van der Waals surface area (Å²) in [5, 5.41) is 1.81. The lowest BCUT2D eigenvalue weighted by Crippen LogP contribution is -1.88. The first-order valence-corrected chi connectivity index (χ1v) is 4.58. The second-order valence-electron chi connectivity index (χ2n) is 2.78. The molecule has 0 unspecified atom stereocenters. The Hall–Kier alpha value is -1.15. The van der Waals surface area contributed by atoms with Gasteiger partial charge in [-0.05, 0) is 25.1 Å². The molecule has 0 bridgehead atoms. The first-order chi connectivity index (χ1) is 6.31. The van der Waals surface area contributed by atoms with E-state index >= 15 is 0 Å². The van der Waals surface area contributed by atoms with Crippen LogP contribution < -0.4 is 4.74 Å². The molecule has 13 heavy (non-hydrogen) atoms. The van der Waals surface area contributed by atoms with Gasteiger partial charge >= 0.3 is 0 Å². The minimum atomic E-state index is 0.676. The normalized spacial score (nSPS) is 10.6. The van der Waals surface area contributed by atoms with Gasteiger partial charge in [0, 0.05) is 16.6 Å². The van der Waals surface area contributed by atoms with E-state index in [0.717, 1.165) is 21.7 Å². The predicted octanol–water partition coefficient (Wildman–Crippen LogP) is 3.22. The molecule has 0 spiro atoms. The lowest BCUT2D eigenvalue weighted by atomic mass is 10.2. The number of nitrogens with one attached hydrogen (secondary N) is 1. The van der Waals surface area contributed by atoms with Gasteiger partial charge in [0.25, 0.3) is 0 Å². The van der Waals surface area contributed by atoms with Gasteiger partial charge in [-0.2, -0.15) is 0 Å². The highest BCUT2D eigenvalue weighted by Crippen LogP contribution is 2.27. The summed E-state index contributed by atoms with van der Waals surface area (Å²) < 4.78 is 5.42. The van der Waals surface area contributed by atoms with E-state index < -0.39 is 0 Å². The second-order valence-corrected chi connectivity index (χ2v) is 3.21. The number of fused-ring (bicyclic) bond motifs is 1. The van der Waals surface area contributed by atoms with Crippen LogP contribution in [-0.4, -0.2) is 11.6 Å². The Balaban J connectivity index is 2.55. The van der Waals surface area contributed by atoms with Gasteiger partial charge in [0.1, 0.15) is 5.75 Å². The number of H-pyrrole nitrogens is 1. The number of halogens is 1. The van der Waals surface area contributed by atoms with Crippen molar-refractivity contribution in [2.24, 2.45) is 0 Å². The van der Waals surface area contributed by atoms with Crippen molar-refractivity contribution < 1.29 is 4.74 Å². The van der Waals surface area contributed by atoms with Crippen molar-refractivity contribution in [3.8, 4) is 5.75 Å². The molecule has 0 atom stereocenters. The maximum atomic E-state index is 5.84. The van der Waals surface area contributed by atoms with Crippen molar-refractivity contribution in [2.75, 3.05) is 6.61 Å². The van der Waals surface area contributed by atoms with E-state index in [1.165, 1.54) is 0 Å². The Labute approximate surface area is 81.5 Å². The standard InChI is InChI=1S/C10H10ClNO/c1-2-13-10-6-12-9-5-7(11)3-4-8(9)10/h3-6,12H,2H2,1H3. The molecule has 0 saturated carbocycles. The molecule has 3 heteroatoms. The highest BCUT2D eigenvalue weighted by Gasteiger charge is 2.03. The molecule has 2 aromatic rings. The van der Waals surface area contributed by atoms with E-state index in [0.29, 0.717) is 6.61 Å². The molecule has 0 saturated heterocycles. The van der Waals surface area contributed by atoms with Gasteiger partial charge in [0.05, 0.1) is 12.1 Å². The van der Waals surface area contributed by atoms with E-state index in [1.54, 1.807) is 0 Å². The minimum Gasteiger partial charge on any atom is -0.492 e. The average molecular weight is 196 g/mol. The number of rotatable bonds is 2. The summed E-state index contributed by atoms with van der Waals surface area (Å²) in [6, 6.07) is 5.71. The van der Waals surface area contributed by atoms with Crippen LogP contribution in [0.5, 0.6) is 5.75 Å². The third-order valence-electron chi connectivity index (χ3n) is 1.91. The van der Waals surface area contributed by atoms with Crippen molar-refractivity contribution >= 4 is 22.5 Å². The molecule has 2 rings (SSSR count). The highest BCUT2D eigenvalue weighted by molar-refractivity contribution is 6.31. The molecule has 0 aliphatic heterocycles. The monoisotopic (exact) mass is 195 g/mol. The fourth-order valence-corrected chi connectivity index (χ4v) is 1.52. The summed E-state index contributed by atoms with van der Waals surface area (Å²) in [6.07, 6.45) is 1.85. The Bertz CT molecular complexity index is 422. The van der Waals surface area contributed by atoms with Crippen molar-refractivity contribution in [3.05, 3.63) is 29.4 Å². The zero-order valence-corrected chi connectivity index (χ0v) is 8.06. The van der Waals surface area contributed by atoms with E-state index in [2.05, 4.69) is 4.98 Å². The SMILES string of the molecule is CCOc1c[nH]c2cc(Cl)ccc12. The van der Waals surface area contributed by atoms with Crippen molar-refractivity contribution in [2.45, 2.75) is 6.92 Å². The summed E-state index contributed by atoms with van der Waals surface area (Å²) in [5.41, 5.74) is 1.01. The lowest BCUT2D eigenvalue weighted by Gasteiger charge is -1.99. The van der Waals surface area contributed by atoms with Gasteiger partial charge in [0.2, 0.25) is 0 Å². The van der Waals surface area contributed by atoms with Gasteiger partial charge in [-0.25, -0.2) is 0 Å². The van der Waals surface area contributed by atoms with Crippen LogP contribution in [0.1, 0.15) is 6.92 Å².